The van der Waals surface area contributed by atoms with Crippen LogP contribution in [0.3, 0.4) is 0 Å². The monoisotopic (exact) mass is 275 g/mol. The second kappa shape index (κ2) is 8.36. The van der Waals surface area contributed by atoms with Gasteiger partial charge in [-0.2, -0.15) is 0 Å². The molecular weight excluding hydrogens is 254 g/mol. The Kier molecular flexibility index (Phi) is 6.78. The van der Waals surface area contributed by atoms with Gasteiger partial charge >= 0.3 is 0 Å². The molecule has 1 unspecified atom stereocenters. The molecule has 4 heteroatoms. The van der Waals surface area contributed by atoms with Crippen LogP contribution in [0.5, 0.6) is 0 Å². The van der Waals surface area contributed by atoms with E-state index in [2.05, 4.69) is 17.2 Å². The summed E-state index contributed by atoms with van der Waals surface area (Å²) < 4.78 is 5.03. The molecule has 0 aliphatic carbocycles. The molecule has 1 atom stereocenters. The average molecular weight is 275 g/mol. The molecule has 0 aliphatic rings. The predicted octanol–water partition coefficient (Wildman–Crippen LogP) is 1.35. The number of aliphatic hydroxyl groups excluding tert-OH is 1. The van der Waals surface area contributed by atoms with Crippen LogP contribution in [0.2, 0.25) is 0 Å². The summed E-state index contributed by atoms with van der Waals surface area (Å²) >= 11 is 0. The Morgan fingerprint density at radius 1 is 1.50 bits per heavy atom. The third-order valence-corrected chi connectivity index (χ3v) is 2.85. The van der Waals surface area contributed by atoms with Gasteiger partial charge in [0.1, 0.15) is 6.61 Å². The van der Waals surface area contributed by atoms with Crippen molar-refractivity contribution in [2.75, 3.05) is 26.9 Å². The summed E-state index contributed by atoms with van der Waals surface area (Å²) in [6, 6.07) is 5.34. The van der Waals surface area contributed by atoms with Crippen LogP contribution in [0.1, 0.15) is 28.4 Å². The van der Waals surface area contributed by atoms with Crippen LogP contribution in [0, 0.1) is 24.7 Å². The van der Waals surface area contributed by atoms with E-state index in [1.54, 1.807) is 25.3 Å². The highest BCUT2D eigenvalue weighted by Gasteiger charge is 2.09. The average Bonchev–Trinajstić information content (AvgIpc) is 2.43. The maximum absolute atomic E-state index is 12.0. The molecule has 0 saturated heterocycles. The molecule has 0 heterocycles. The lowest BCUT2D eigenvalue weighted by Crippen LogP contribution is -2.29. The second-order valence-electron chi connectivity index (χ2n) is 4.76. The highest BCUT2D eigenvalue weighted by atomic mass is 16.5. The molecule has 0 aromatic heterocycles. The van der Waals surface area contributed by atoms with E-state index in [9.17, 15) is 4.79 Å². The first-order valence-electron chi connectivity index (χ1n) is 6.56. The summed E-state index contributed by atoms with van der Waals surface area (Å²) in [5.41, 5.74) is 2.36. The molecular formula is C16H21NO3. The topological polar surface area (TPSA) is 58.6 Å². The number of carbonyl (C=O) groups excluding carboxylic acids is 1. The molecule has 108 valence electrons. The molecule has 1 rings (SSSR count). The number of hydrogen-bond donors (Lipinski definition) is 2. The van der Waals surface area contributed by atoms with Crippen molar-refractivity contribution in [2.24, 2.45) is 5.92 Å². The molecule has 0 radical (unpaired) electrons. The van der Waals surface area contributed by atoms with Gasteiger partial charge < -0.3 is 15.2 Å². The lowest BCUT2D eigenvalue weighted by atomic mass is 10.0. The molecule has 0 bridgehead atoms. The number of benzene rings is 1. The lowest BCUT2D eigenvalue weighted by Gasteiger charge is -2.12. The molecule has 2 N–H and O–H groups in total. The molecule has 20 heavy (non-hydrogen) atoms. The highest BCUT2D eigenvalue weighted by molar-refractivity contribution is 5.94. The summed E-state index contributed by atoms with van der Waals surface area (Å²) in [7, 11) is 1.65. The molecule has 0 aliphatic heterocycles. The molecule has 0 spiro atoms. The molecule has 0 fully saturated rings. The zero-order chi connectivity index (χ0) is 15.0. The van der Waals surface area contributed by atoms with Gasteiger partial charge in [-0.05, 0) is 36.6 Å². The second-order valence-corrected chi connectivity index (χ2v) is 4.76. The number of ether oxygens (including phenoxy) is 1. The van der Waals surface area contributed by atoms with Crippen LogP contribution in [-0.4, -0.2) is 37.9 Å². The number of nitrogens with one attached hydrogen (secondary N) is 1. The van der Waals surface area contributed by atoms with Crippen LogP contribution >= 0.6 is 0 Å². The largest absolute Gasteiger partial charge is 0.384 e. The van der Waals surface area contributed by atoms with Gasteiger partial charge in [-0.3, -0.25) is 4.79 Å². The SMILES string of the molecule is COCC(C)CNC(=O)c1ccc(C#CCO)c(C)c1. The van der Waals surface area contributed by atoms with Gasteiger partial charge in [-0.1, -0.05) is 18.8 Å². The van der Waals surface area contributed by atoms with Gasteiger partial charge in [-0.25, -0.2) is 0 Å². The van der Waals surface area contributed by atoms with Crippen molar-refractivity contribution in [3.63, 3.8) is 0 Å². The van der Waals surface area contributed by atoms with Crippen LogP contribution in [-0.2, 0) is 4.74 Å². The Hall–Kier alpha value is -1.83. The number of rotatable bonds is 5. The van der Waals surface area contributed by atoms with E-state index < -0.39 is 0 Å². The quantitative estimate of drug-likeness (QED) is 0.798. The van der Waals surface area contributed by atoms with Crippen LogP contribution < -0.4 is 5.32 Å². The van der Waals surface area contributed by atoms with Crippen LogP contribution in [0.25, 0.3) is 0 Å². The summed E-state index contributed by atoms with van der Waals surface area (Å²) in [5.74, 6) is 5.62. The first kappa shape index (κ1) is 16.2. The van der Waals surface area contributed by atoms with E-state index in [1.165, 1.54) is 0 Å². The maximum Gasteiger partial charge on any atom is 0.251 e. The summed E-state index contributed by atoms with van der Waals surface area (Å²) in [5, 5.41) is 11.6. The molecule has 0 saturated carbocycles. The van der Waals surface area contributed by atoms with Gasteiger partial charge in [0.05, 0.1) is 6.61 Å². The Morgan fingerprint density at radius 2 is 2.25 bits per heavy atom. The number of aliphatic hydroxyl groups is 1. The van der Waals surface area contributed by atoms with Crippen molar-refractivity contribution >= 4 is 5.91 Å². The summed E-state index contributed by atoms with van der Waals surface area (Å²) in [4.78, 5) is 12.0. The van der Waals surface area contributed by atoms with E-state index in [0.717, 1.165) is 11.1 Å². The number of carbonyl (C=O) groups is 1. The number of methoxy groups -OCH3 is 1. The molecule has 4 nitrogen and oxygen atoms in total. The predicted molar refractivity (Wildman–Crippen MR) is 78.5 cm³/mol. The summed E-state index contributed by atoms with van der Waals surface area (Å²) in [6.07, 6.45) is 0. The molecule has 1 aromatic carbocycles. The number of amides is 1. The maximum atomic E-state index is 12.0. The van der Waals surface area contributed by atoms with Gasteiger partial charge in [0.15, 0.2) is 0 Å². The minimum absolute atomic E-state index is 0.0993. The standard InChI is InChI=1S/C16H21NO3/c1-12(11-20-3)10-17-16(19)15-7-6-14(5-4-8-18)13(2)9-15/h6-7,9,12,18H,8,10-11H2,1-3H3,(H,17,19). The molecule has 1 amide bonds. The Balaban J connectivity index is 2.68. The van der Waals surface area contributed by atoms with Crippen molar-refractivity contribution in [3.8, 4) is 11.8 Å². The van der Waals surface area contributed by atoms with E-state index in [1.807, 2.05) is 13.8 Å². The van der Waals surface area contributed by atoms with Crippen molar-refractivity contribution in [3.05, 3.63) is 34.9 Å². The van der Waals surface area contributed by atoms with E-state index >= 15 is 0 Å². The lowest BCUT2D eigenvalue weighted by molar-refractivity contribution is 0.0934. The van der Waals surface area contributed by atoms with Gasteiger partial charge in [-0.15, -0.1) is 0 Å². The Bertz CT molecular complexity index is 514. The third-order valence-electron chi connectivity index (χ3n) is 2.85. The first-order chi connectivity index (χ1) is 9.58. The van der Waals surface area contributed by atoms with E-state index in [4.69, 9.17) is 9.84 Å². The van der Waals surface area contributed by atoms with Gasteiger partial charge in [0, 0.05) is 24.8 Å². The first-order valence-corrected chi connectivity index (χ1v) is 6.56. The normalized spacial score (nSPS) is 11.4. The van der Waals surface area contributed by atoms with Crippen LogP contribution in [0.4, 0.5) is 0 Å². The van der Waals surface area contributed by atoms with Crippen LogP contribution in [0.15, 0.2) is 18.2 Å². The third kappa shape index (κ3) is 5.04. The van der Waals surface area contributed by atoms with E-state index in [0.29, 0.717) is 18.7 Å². The number of aryl methyl sites for hydroxylation is 1. The molecule has 1 aromatic rings. The number of hydrogen-bond acceptors (Lipinski definition) is 3. The zero-order valence-corrected chi connectivity index (χ0v) is 12.2. The highest BCUT2D eigenvalue weighted by Crippen LogP contribution is 2.10. The smallest absolute Gasteiger partial charge is 0.251 e. The minimum Gasteiger partial charge on any atom is -0.384 e. The van der Waals surface area contributed by atoms with Crippen molar-refractivity contribution in [1.29, 1.82) is 0 Å². The van der Waals surface area contributed by atoms with Crippen molar-refractivity contribution in [2.45, 2.75) is 13.8 Å². The zero-order valence-electron chi connectivity index (χ0n) is 12.2. The van der Waals surface area contributed by atoms with Crippen molar-refractivity contribution < 1.29 is 14.6 Å². The van der Waals surface area contributed by atoms with Crippen molar-refractivity contribution in [1.82, 2.24) is 5.32 Å². The fourth-order valence-electron chi connectivity index (χ4n) is 1.79. The van der Waals surface area contributed by atoms with Gasteiger partial charge in [0.2, 0.25) is 0 Å². The fourth-order valence-corrected chi connectivity index (χ4v) is 1.79. The Labute approximate surface area is 120 Å². The van der Waals surface area contributed by atoms with Gasteiger partial charge in [0.25, 0.3) is 5.91 Å². The minimum atomic E-state index is -0.168. The Morgan fingerprint density at radius 3 is 2.85 bits per heavy atom. The fraction of sp³-hybridized carbons (Fsp3) is 0.438. The summed E-state index contributed by atoms with van der Waals surface area (Å²) in [6.45, 7) is 4.94. The van der Waals surface area contributed by atoms with E-state index in [-0.39, 0.29) is 18.4 Å².